The van der Waals surface area contributed by atoms with Gasteiger partial charge < -0.3 is 24.4 Å². The van der Waals surface area contributed by atoms with E-state index in [0.29, 0.717) is 19.3 Å². The monoisotopic (exact) mass is 767 g/mol. The molecule has 306 valence electrons. The van der Waals surface area contributed by atoms with Crippen LogP contribution in [0, 0.1) is 0 Å². The number of aliphatic hydroxyl groups is 1. The number of unbranched alkanes of at least 4 members (excludes halogenated alkanes) is 16. The summed E-state index contributed by atoms with van der Waals surface area (Å²) in [5.41, 5.74) is 0. The van der Waals surface area contributed by atoms with Gasteiger partial charge in [-0.1, -0.05) is 152 Å². The largest absolute Gasteiger partial charge is 0.469 e. The molecule has 0 aliphatic heterocycles. The first kappa shape index (κ1) is 50.7. The highest BCUT2D eigenvalue weighted by Gasteiger charge is 2.23. The minimum atomic E-state index is -4.80. The second kappa shape index (κ2) is 38.0. The molecule has 0 rings (SSSR count). The average Bonchev–Trinajstić information content (AvgIpc) is 3.12. The highest BCUT2D eigenvalue weighted by Crippen LogP contribution is 2.36. The predicted molar refractivity (Wildman–Crippen MR) is 217 cm³/mol. The number of phosphoric ester groups is 1. The average molecular weight is 767 g/mol. The summed E-state index contributed by atoms with van der Waals surface area (Å²) in [7, 11) is -4.80. The number of allylic oxidation sites excluding steroid dienone is 9. The summed E-state index contributed by atoms with van der Waals surface area (Å²) in [6.07, 6.45) is 44.0. The Balaban J connectivity index is 4.13. The quantitative estimate of drug-likeness (QED) is 0.0185. The molecule has 0 aromatic heterocycles. The minimum absolute atomic E-state index is 0.0394. The molecule has 0 aliphatic rings. The van der Waals surface area contributed by atoms with Crippen molar-refractivity contribution in [3.05, 3.63) is 60.8 Å². The summed E-state index contributed by atoms with van der Waals surface area (Å²) in [6, 6.07) is 0. The second-order valence-electron chi connectivity index (χ2n) is 13.8. The van der Waals surface area contributed by atoms with E-state index in [1.807, 2.05) is 12.2 Å². The molecule has 10 heteroatoms. The normalized spacial score (nSPS) is 13.7. The molecular weight excluding hydrogens is 691 g/mol. The van der Waals surface area contributed by atoms with Gasteiger partial charge in [0, 0.05) is 12.8 Å². The van der Waals surface area contributed by atoms with E-state index in [0.717, 1.165) is 51.4 Å². The van der Waals surface area contributed by atoms with Gasteiger partial charge in [-0.3, -0.25) is 14.1 Å². The molecule has 0 heterocycles. The van der Waals surface area contributed by atoms with Crippen molar-refractivity contribution in [1.82, 2.24) is 0 Å². The molecule has 0 aromatic carbocycles. The third-order valence-corrected chi connectivity index (χ3v) is 9.10. The summed E-state index contributed by atoms with van der Waals surface area (Å²) >= 11 is 0. The molecule has 0 amide bonds. The van der Waals surface area contributed by atoms with Crippen LogP contribution in [0.4, 0.5) is 0 Å². The Morgan fingerprint density at radius 3 is 1.66 bits per heavy atom. The van der Waals surface area contributed by atoms with Crippen molar-refractivity contribution < 1.29 is 43.0 Å². The molecule has 0 aromatic rings. The van der Waals surface area contributed by atoms with Crippen molar-refractivity contribution in [1.29, 1.82) is 0 Å². The number of aliphatic hydroxyl groups excluding tert-OH is 1. The van der Waals surface area contributed by atoms with Crippen LogP contribution in [0.5, 0.6) is 0 Å². The van der Waals surface area contributed by atoms with Gasteiger partial charge in [0.15, 0.2) is 6.10 Å². The number of hydrogen-bond donors (Lipinski definition) is 3. The van der Waals surface area contributed by atoms with Crippen molar-refractivity contribution >= 4 is 19.8 Å². The van der Waals surface area contributed by atoms with Crippen molar-refractivity contribution in [2.45, 2.75) is 187 Å². The number of esters is 2. The summed E-state index contributed by atoms with van der Waals surface area (Å²) < 4.78 is 26.2. The minimum Gasteiger partial charge on any atom is -0.462 e. The van der Waals surface area contributed by atoms with E-state index in [1.165, 1.54) is 77.0 Å². The first-order chi connectivity index (χ1) is 25.7. The zero-order valence-corrected chi connectivity index (χ0v) is 34.2. The van der Waals surface area contributed by atoms with E-state index in [-0.39, 0.29) is 19.4 Å². The van der Waals surface area contributed by atoms with Crippen LogP contribution < -0.4 is 0 Å². The van der Waals surface area contributed by atoms with Crippen molar-refractivity contribution in [2.75, 3.05) is 13.2 Å². The standard InChI is InChI=1S/C43H75O9P/c1-3-5-7-9-11-13-15-17-18-19-20-22-24-26-28-30-32-36-43(46)52-41(39-51-53(47,48)49)38-50-42(45)37-33-35-40(44)34-31-29-27-25-23-21-16-14-12-10-8-6-4-2/h11,13,17-18,21,23,27,29,31,34,40-41,44H,3-10,12,14-16,19-20,22,24-26,28,30,32-33,35-39H2,1-2H3,(H2,47,48,49)/b13-11-,18-17-,23-21+,29-27+,34-31+/t40?,41-/m1/s1. The Kier molecular flexibility index (Phi) is 36.4. The van der Waals surface area contributed by atoms with E-state index >= 15 is 0 Å². The van der Waals surface area contributed by atoms with Crippen LogP contribution in [0.1, 0.15) is 174 Å². The molecule has 2 atom stereocenters. The van der Waals surface area contributed by atoms with Gasteiger partial charge in [0.05, 0.1) is 12.7 Å². The van der Waals surface area contributed by atoms with Crippen molar-refractivity contribution in [3.63, 3.8) is 0 Å². The van der Waals surface area contributed by atoms with Crippen LogP contribution in [-0.2, 0) is 28.2 Å². The van der Waals surface area contributed by atoms with Gasteiger partial charge in [-0.05, 0) is 70.6 Å². The van der Waals surface area contributed by atoms with Crippen LogP contribution in [0.25, 0.3) is 0 Å². The maximum absolute atomic E-state index is 12.4. The Morgan fingerprint density at radius 1 is 0.585 bits per heavy atom. The number of carbonyl (C=O) groups is 2. The number of ether oxygens (including phenoxy) is 2. The van der Waals surface area contributed by atoms with Gasteiger partial charge >= 0.3 is 19.8 Å². The van der Waals surface area contributed by atoms with Crippen LogP contribution in [-0.4, -0.2) is 52.3 Å². The Hall–Kier alpha value is -2.29. The fourth-order valence-corrected chi connectivity index (χ4v) is 5.83. The van der Waals surface area contributed by atoms with Gasteiger partial charge in [0.25, 0.3) is 0 Å². The summed E-state index contributed by atoms with van der Waals surface area (Å²) in [5.74, 6) is -1.09. The molecular formula is C43H75O9P. The highest BCUT2D eigenvalue weighted by molar-refractivity contribution is 7.46. The molecule has 53 heavy (non-hydrogen) atoms. The maximum Gasteiger partial charge on any atom is 0.469 e. The lowest BCUT2D eigenvalue weighted by molar-refractivity contribution is -0.161. The van der Waals surface area contributed by atoms with Gasteiger partial charge in [0.2, 0.25) is 0 Å². The fraction of sp³-hybridized carbons (Fsp3) is 0.721. The lowest BCUT2D eigenvalue weighted by atomic mass is 10.1. The first-order valence-electron chi connectivity index (χ1n) is 20.7. The van der Waals surface area contributed by atoms with Gasteiger partial charge in [-0.15, -0.1) is 0 Å². The SMILES string of the molecule is CCCCC/C=C\C/C=C\CCCCCCCCCC(=O)O[C@H](COC(=O)CCCC(O)/C=C/C=C/C/C=C/CCCCCCCC)COP(=O)(O)O. The molecule has 0 aliphatic carbocycles. The van der Waals surface area contributed by atoms with Gasteiger partial charge in [-0.25, -0.2) is 4.57 Å². The van der Waals surface area contributed by atoms with Crippen LogP contribution in [0.3, 0.4) is 0 Å². The molecule has 0 bridgehead atoms. The molecule has 0 fully saturated rings. The van der Waals surface area contributed by atoms with Gasteiger partial charge in [0.1, 0.15) is 6.61 Å². The molecule has 9 nitrogen and oxygen atoms in total. The Labute approximate surface area is 322 Å². The lowest BCUT2D eigenvalue weighted by Gasteiger charge is -2.18. The number of hydrogen-bond acceptors (Lipinski definition) is 7. The molecule has 0 saturated carbocycles. The highest BCUT2D eigenvalue weighted by atomic mass is 31.2. The fourth-order valence-electron chi connectivity index (χ4n) is 5.47. The second-order valence-corrected chi connectivity index (χ2v) is 15.0. The topological polar surface area (TPSA) is 140 Å². The molecule has 1 unspecified atom stereocenters. The van der Waals surface area contributed by atoms with Crippen LogP contribution in [0.2, 0.25) is 0 Å². The third-order valence-electron chi connectivity index (χ3n) is 8.61. The summed E-state index contributed by atoms with van der Waals surface area (Å²) in [5, 5.41) is 10.2. The zero-order valence-electron chi connectivity index (χ0n) is 33.3. The molecule has 0 saturated heterocycles. The summed E-state index contributed by atoms with van der Waals surface area (Å²) in [4.78, 5) is 42.8. The summed E-state index contributed by atoms with van der Waals surface area (Å²) in [6.45, 7) is 3.48. The number of rotatable bonds is 37. The maximum atomic E-state index is 12.4. The number of carbonyl (C=O) groups excluding carboxylic acids is 2. The van der Waals surface area contributed by atoms with E-state index in [9.17, 15) is 19.3 Å². The Morgan fingerprint density at radius 2 is 1.08 bits per heavy atom. The number of phosphoric acid groups is 1. The smallest absolute Gasteiger partial charge is 0.462 e. The van der Waals surface area contributed by atoms with Gasteiger partial charge in [-0.2, -0.15) is 0 Å². The first-order valence-corrected chi connectivity index (χ1v) is 22.2. The molecule has 0 spiro atoms. The van der Waals surface area contributed by atoms with Crippen molar-refractivity contribution in [3.8, 4) is 0 Å². The third kappa shape index (κ3) is 40.7. The Bertz CT molecular complexity index is 1060. The van der Waals surface area contributed by atoms with E-state index in [4.69, 9.17) is 19.3 Å². The van der Waals surface area contributed by atoms with Crippen LogP contribution in [0.15, 0.2) is 60.8 Å². The van der Waals surface area contributed by atoms with Crippen LogP contribution >= 0.6 is 7.82 Å². The van der Waals surface area contributed by atoms with E-state index in [2.05, 4.69) is 54.8 Å². The molecule has 3 N–H and O–H groups in total. The van der Waals surface area contributed by atoms with E-state index < -0.39 is 38.6 Å². The lowest BCUT2D eigenvalue weighted by Crippen LogP contribution is -2.29. The van der Waals surface area contributed by atoms with E-state index in [1.54, 1.807) is 12.2 Å². The molecule has 0 radical (unpaired) electrons. The van der Waals surface area contributed by atoms with Crippen molar-refractivity contribution in [2.24, 2.45) is 0 Å². The predicted octanol–water partition coefficient (Wildman–Crippen LogP) is 11.5. The zero-order chi connectivity index (χ0) is 39.1.